The summed E-state index contributed by atoms with van der Waals surface area (Å²) >= 11 is 0. The third-order valence-electron chi connectivity index (χ3n) is 5.22. The predicted molar refractivity (Wildman–Crippen MR) is 99.5 cm³/mol. The third kappa shape index (κ3) is 4.17. The zero-order valence-electron chi connectivity index (χ0n) is 15.0. The van der Waals surface area contributed by atoms with Gasteiger partial charge in [-0.2, -0.15) is 0 Å². The van der Waals surface area contributed by atoms with Crippen LogP contribution in [0.3, 0.4) is 0 Å². The van der Waals surface area contributed by atoms with Gasteiger partial charge < -0.3 is 10.2 Å². The molecule has 2 aliphatic rings. The van der Waals surface area contributed by atoms with Gasteiger partial charge in [-0.25, -0.2) is 17.6 Å². The molecular weight excluding hydrogens is 357 g/mol. The van der Waals surface area contributed by atoms with Crippen molar-refractivity contribution in [1.82, 2.24) is 9.80 Å². The number of fused-ring (bicyclic) bond motifs is 1. The average molecular weight is 383 g/mol. The Morgan fingerprint density at radius 2 is 1.92 bits per heavy atom. The number of anilines is 1. The number of rotatable bonds is 5. The minimum absolute atomic E-state index is 0.0212. The molecule has 0 spiro atoms. The smallest absolute Gasteiger partial charge is 0.318 e. The highest BCUT2D eigenvalue weighted by Gasteiger charge is 2.47. The van der Waals surface area contributed by atoms with Gasteiger partial charge >= 0.3 is 6.03 Å². The van der Waals surface area contributed by atoms with Gasteiger partial charge in [-0.05, 0) is 25.1 Å². The van der Waals surface area contributed by atoms with E-state index in [1.54, 1.807) is 17.0 Å². The molecule has 144 valence electrons. The maximum atomic E-state index is 13.8. The lowest BCUT2D eigenvalue weighted by atomic mass is 10.0. The molecule has 0 aromatic heterocycles. The average Bonchev–Trinajstić information content (AvgIpc) is 2.92. The van der Waals surface area contributed by atoms with Gasteiger partial charge in [0.2, 0.25) is 0 Å². The fourth-order valence-corrected chi connectivity index (χ4v) is 5.88. The largest absolute Gasteiger partial charge is 0.322 e. The van der Waals surface area contributed by atoms with Crippen molar-refractivity contribution < 1.29 is 17.6 Å². The van der Waals surface area contributed by atoms with Crippen LogP contribution in [0, 0.1) is 5.82 Å². The SMILES string of the molecule is CCCCCN1CCN(C(=O)Nc2ccccc2F)[C@H]2CS(=O)(=O)C[C@H]21. The highest BCUT2D eigenvalue weighted by atomic mass is 32.2. The van der Waals surface area contributed by atoms with E-state index in [0.29, 0.717) is 13.1 Å². The van der Waals surface area contributed by atoms with Gasteiger partial charge in [-0.1, -0.05) is 31.9 Å². The first kappa shape index (κ1) is 19.1. The van der Waals surface area contributed by atoms with Crippen molar-refractivity contribution in [2.45, 2.75) is 38.3 Å². The van der Waals surface area contributed by atoms with Crippen LogP contribution in [0.5, 0.6) is 0 Å². The van der Waals surface area contributed by atoms with Crippen LogP contribution in [0.15, 0.2) is 24.3 Å². The first-order valence-electron chi connectivity index (χ1n) is 9.18. The van der Waals surface area contributed by atoms with E-state index >= 15 is 0 Å². The Kier molecular flexibility index (Phi) is 5.82. The zero-order valence-corrected chi connectivity index (χ0v) is 15.8. The Balaban J connectivity index is 1.73. The number of amides is 2. The fourth-order valence-electron chi connectivity index (χ4n) is 3.87. The first-order chi connectivity index (χ1) is 12.4. The normalized spacial score (nSPS) is 25.1. The van der Waals surface area contributed by atoms with Crippen LogP contribution in [0.25, 0.3) is 0 Å². The molecule has 2 aliphatic heterocycles. The van der Waals surface area contributed by atoms with Crippen molar-refractivity contribution >= 4 is 21.6 Å². The Labute approximate surface area is 154 Å². The summed E-state index contributed by atoms with van der Waals surface area (Å²) in [4.78, 5) is 16.4. The maximum absolute atomic E-state index is 13.8. The van der Waals surface area contributed by atoms with Crippen molar-refractivity contribution in [2.75, 3.05) is 36.5 Å². The standard InChI is InChI=1S/C18H26FN3O3S/c1-2-3-6-9-21-10-11-22(17-13-26(24,25)12-16(17)21)18(23)20-15-8-5-4-7-14(15)19/h4-5,7-8,16-17H,2-3,6,9-13H2,1H3,(H,20,23)/t16-,17+/m1/s1. The Morgan fingerprint density at radius 3 is 2.65 bits per heavy atom. The maximum Gasteiger partial charge on any atom is 0.322 e. The van der Waals surface area contributed by atoms with Crippen molar-refractivity contribution in [1.29, 1.82) is 0 Å². The van der Waals surface area contributed by atoms with Gasteiger partial charge in [0, 0.05) is 19.1 Å². The lowest BCUT2D eigenvalue weighted by molar-refractivity contribution is 0.0692. The molecule has 0 unspecified atom stereocenters. The monoisotopic (exact) mass is 383 g/mol. The summed E-state index contributed by atoms with van der Waals surface area (Å²) in [5.74, 6) is -0.436. The van der Waals surface area contributed by atoms with Crippen molar-refractivity contribution in [3.05, 3.63) is 30.1 Å². The second-order valence-corrected chi connectivity index (χ2v) is 9.21. The van der Waals surface area contributed by atoms with E-state index in [1.165, 1.54) is 12.1 Å². The molecule has 0 bridgehead atoms. The van der Waals surface area contributed by atoms with Crippen LogP contribution in [0.4, 0.5) is 14.9 Å². The topological polar surface area (TPSA) is 69.7 Å². The quantitative estimate of drug-likeness (QED) is 0.793. The molecular formula is C18H26FN3O3S. The van der Waals surface area contributed by atoms with Crippen LogP contribution >= 0.6 is 0 Å². The Morgan fingerprint density at radius 1 is 1.19 bits per heavy atom. The van der Waals surface area contributed by atoms with Crippen LogP contribution in [-0.4, -0.2) is 67.5 Å². The summed E-state index contributed by atoms with van der Waals surface area (Å²) in [6, 6.07) is 5.00. The van der Waals surface area contributed by atoms with E-state index in [4.69, 9.17) is 0 Å². The molecule has 26 heavy (non-hydrogen) atoms. The van der Waals surface area contributed by atoms with Gasteiger partial charge in [0.15, 0.2) is 9.84 Å². The molecule has 1 aromatic rings. The molecule has 2 atom stereocenters. The highest BCUT2D eigenvalue weighted by Crippen LogP contribution is 2.28. The number of carbonyl (C=O) groups is 1. The second-order valence-electron chi connectivity index (χ2n) is 7.06. The van der Waals surface area contributed by atoms with E-state index < -0.39 is 21.7 Å². The molecule has 1 N–H and O–H groups in total. The van der Waals surface area contributed by atoms with Crippen molar-refractivity contribution in [3.63, 3.8) is 0 Å². The summed E-state index contributed by atoms with van der Waals surface area (Å²) in [6.45, 7) is 4.08. The number of unbranched alkanes of at least 4 members (excludes halogenated alkanes) is 2. The molecule has 3 rings (SSSR count). The number of piperazine rings is 1. The van der Waals surface area contributed by atoms with Gasteiger partial charge in [-0.3, -0.25) is 4.90 Å². The number of nitrogens with one attached hydrogen (secondary N) is 1. The lowest BCUT2D eigenvalue weighted by Gasteiger charge is -2.43. The van der Waals surface area contributed by atoms with E-state index in [9.17, 15) is 17.6 Å². The first-order valence-corrected chi connectivity index (χ1v) is 11.0. The van der Waals surface area contributed by atoms with E-state index in [-0.39, 0.29) is 29.3 Å². The van der Waals surface area contributed by atoms with E-state index in [1.807, 2.05) is 0 Å². The van der Waals surface area contributed by atoms with Gasteiger partial charge in [-0.15, -0.1) is 0 Å². The molecule has 0 saturated carbocycles. The fraction of sp³-hybridized carbons (Fsp3) is 0.611. The number of urea groups is 1. The van der Waals surface area contributed by atoms with Crippen molar-refractivity contribution in [2.24, 2.45) is 0 Å². The van der Waals surface area contributed by atoms with Gasteiger partial charge in [0.1, 0.15) is 5.82 Å². The molecule has 2 heterocycles. The van der Waals surface area contributed by atoms with Crippen LogP contribution in [0.2, 0.25) is 0 Å². The summed E-state index contributed by atoms with van der Waals surface area (Å²) in [5, 5.41) is 2.59. The lowest BCUT2D eigenvalue weighted by Crippen LogP contribution is -2.61. The molecule has 1 aromatic carbocycles. The number of sulfone groups is 1. The predicted octanol–water partition coefficient (Wildman–Crippen LogP) is 2.33. The highest BCUT2D eigenvalue weighted by molar-refractivity contribution is 7.91. The third-order valence-corrected chi connectivity index (χ3v) is 6.91. The molecule has 0 radical (unpaired) electrons. The number of para-hydroxylation sites is 1. The molecule has 0 aliphatic carbocycles. The number of nitrogens with zero attached hydrogens (tertiary/aromatic N) is 2. The molecule has 8 heteroatoms. The second kappa shape index (κ2) is 7.92. The summed E-state index contributed by atoms with van der Waals surface area (Å²) in [6.07, 6.45) is 3.25. The molecule has 6 nitrogen and oxygen atoms in total. The van der Waals surface area contributed by atoms with E-state index in [2.05, 4.69) is 17.1 Å². The van der Waals surface area contributed by atoms with Gasteiger partial charge in [0.25, 0.3) is 0 Å². The summed E-state index contributed by atoms with van der Waals surface area (Å²) in [7, 11) is -3.18. The Bertz CT molecular complexity index is 756. The molecule has 2 fully saturated rings. The van der Waals surface area contributed by atoms with Crippen LogP contribution in [0.1, 0.15) is 26.2 Å². The minimum atomic E-state index is -3.18. The van der Waals surface area contributed by atoms with E-state index in [0.717, 1.165) is 25.8 Å². The van der Waals surface area contributed by atoms with Crippen LogP contribution < -0.4 is 5.32 Å². The number of carbonyl (C=O) groups excluding carboxylic acids is 1. The number of hydrogen-bond donors (Lipinski definition) is 1. The number of benzene rings is 1. The number of hydrogen-bond acceptors (Lipinski definition) is 4. The molecule has 2 saturated heterocycles. The summed E-state index contributed by atoms with van der Waals surface area (Å²) in [5.41, 5.74) is 0.111. The minimum Gasteiger partial charge on any atom is -0.318 e. The number of halogens is 1. The Hall–Kier alpha value is -1.67. The summed E-state index contributed by atoms with van der Waals surface area (Å²) < 4.78 is 38.2. The van der Waals surface area contributed by atoms with Crippen LogP contribution in [-0.2, 0) is 9.84 Å². The zero-order chi connectivity index (χ0) is 18.7. The molecule has 2 amide bonds. The van der Waals surface area contributed by atoms with Crippen molar-refractivity contribution in [3.8, 4) is 0 Å². The van der Waals surface area contributed by atoms with Gasteiger partial charge in [0.05, 0.1) is 23.2 Å².